The van der Waals surface area contributed by atoms with Crippen LogP contribution in [0.5, 0.6) is 17.2 Å². The van der Waals surface area contributed by atoms with Gasteiger partial charge >= 0.3 is 0 Å². The number of nitrogens with one attached hydrogen (secondary N) is 1. The van der Waals surface area contributed by atoms with E-state index in [2.05, 4.69) is 5.32 Å². The van der Waals surface area contributed by atoms with Gasteiger partial charge in [-0.2, -0.15) is 0 Å². The van der Waals surface area contributed by atoms with Crippen molar-refractivity contribution >= 4 is 27.5 Å². The van der Waals surface area contributed by atoms with Gasteiger partial charge in [0.2, 0.25) is 21.8 Å². The van der Waals surface area contributed by atoms with Crippen LogP contribution in [0.2, 0.25) is 0 Å². The number of amides is 2. The Morgan fingerprint density at radius 2 is 1.76 bits per heavy atom. The minimum Gasteiger partial charge on any atom is -0.497 e. The lowest BCUT2D eigenvalue weighted by Gasteiger charge is -2.29. The highest BCUT2D eigenvalue weighted by Gasteiger charge is 2.27. The highest BCUT2D eigenvalue weighted by Crippen LogP contribution is 2.34. The zero-order valence-corrected chi connectivity index (χ0v) is 23.3. The molecule has 11 heteroatoms. The Hall–Kier alpha value is -3.47. The standard InChI is InChI=1S/C27H37N3O7S/c1-5-14-28-27(32)20(2)29(19-21-8-11-23(35-3)12-9-21)26(31)7-6-15-30(38(4,33)34)22-10-13-24-25(18-22)37-17-16-36-24/h8-13,18,20H,5-7,14-17,19H2,1-4H3,(H,28,32)/t20-/m1/s1. The van der Waals surface area contributed by atoms with Crippen LogP contribution < -0.4 is 23.8 Å². The summed E-state index contributed by atoms with van der Waals surface area (Å²) in [5, 5.41) is 2.85. The predicted molar refractivity (Wildman–Crippen MR) is 145 cm³/mol. The normalized spacial score (nSPS) is 13.4. The molecule has 2 aromatic rings. The van der Waals surface area contributed by atoms with Crippen LogP contribution in [0.3, 0.4) is 0 Å². The average Bonchev–Trinajstić information content (AvgIpc) is 2.91. The van der Waals surface area contributed by atoms with Crippen LogP contribution in [0.15, 0.2) is 42.5 Å². The fraction of sp³-hybridized carbons (Fsp3) is 0.481. The van der Waals surface area contributed by atoms with E-state index >= 15 is 0 Å². The molecule has 0 fully saturated rings. The van der Waals surface area contributed by atoms with Crippen molar-refractivity contribution in [3.8, 4) is 17.2 Å². The molecule has 0 aliphatic carbocycles. The number of fused-ring (bicyclic) bond motifs is 1. The Bertz CT molecular complexity index is 1200. The second kappa shape index (κ2) is 13.4. The zero-order valence-electron chi connectivity index (χ0n) is 22.4. The van der Waals surface area contributed by atoms with Gasteiger partial charge < -0.3 is 24.4 Å². The average molecular weight is 548 g/mol. The van der Waals surface area contributed by atoms with Crippen molar-refractivity contribution in [3.63, 3.8) is 0 Å². The third-order valence-electron chi connectivity index (χ3n) is 6.19. The first kappa shape index (κ1) is 29.1. The number of nitrogens with zero attached hydrogens (tertiary/aromatic N) is 2. The summed E-state index contributed by atoms with van der Waals surface area (Å²) in [6.07, 6.45) is 2.24. The number of anilines is 1. The summed E-state index contributed by atoms with van der Waals surface area (Å²) in [5.74, 6) is 1.27. The molecule has 1 N–H and O–H groups in total. The molecule has 0 aromatic heterocycles. The fourth-order valence-corrected chi connectivity index (χ4v) is 5.05. The number of sulfonamides is 1. The quantitative estimate of drug-likeness (QED) is 0.410. The van der Waals surface area contributed by atoms with E-state index in [1.165, 1.54) is 9.21 Å². The summed E-state index contributed by atoms with van der Waals surface area (Å²) >= 11 is 0. The maximum Gasteiger partial charge on any atom is 0.242 e. The van der Waals surface area contributed by atoms with Crippen LogP contribution in [0.4, 0.5) is 5.69 Å². The molecule has 0 saturated carbocycles. The summed E-state index contributed by atoms with van der Waals surface area (Å²) < 4.78 is 42.8. The lowest BCUT2D eigenvalue weighted by atomic mass is 10.1. The van der Waals surface area contributed by atoms with Gasteiger partial charge in [-0.3, -0.25) is 13.9 Å². The van der Waals surface area contributed by atoms with E-state index in [4.69, 9.17) is 14.2 Å². The Balaban J connectivity index is 1.72. The molecule has 2 aromatic carbocycles. The van der Waals surface area contributed by atoms with Gasteiger partial charge in [0.25, 0.3) is 0 Å². The fourth-order valence-electron chi connectivity index (χ4n) is 4.10. The first-order valence-corrected chi connectivity index (χ1v) is 14.6. The smallest absolute Gasteiger partial charge is 0.242 e. The number of ether oxygens (including phenoxy) is 3. The third-order valence-corrected chi connectivity index (χ3v) is 7.39. The highest BCUT2D eigenvalue weighted by atomic mass is 32.2. The number of benzene rings is 2. The molecule has 208 valence electrons. The summed E-state index contributed by atoms with van der Waals surface area (Å²) in [4.78, 5) is 27.6. The predicted octanol–water partition coefficient (Wildman–Crippen LogP) is 2.96. The molecule has 0 radical (unpaired) electrons. The van der Waals surface area contributed by atoms with Crippen LogP contribution in [-0.2, 0) is 26.2 Å². The van der Waals surface area contributed by atoms with Gasteiger partial charge in [-0.1, -0.05) is 19.1 Å². The monoisotopic (exact) mass is 547 g/mol. The molecular weight excluding hydrogens is 510 g/mol. The molecule has 3 rings (SSSR count). The molecule has 0 unspecified atom stereocenters. The maximum absolute atomic E-state index is 13.4. The molecule has 2 amide bonds. The van der Waals surface area contributed by atoms with Crippen molar-refractivity contribution in [3.05, 3.63) is 48.0 Å². The Kier molecular flexibility index (Phi) is 10.2. The molecule has 38 heavy (non-hydrogen) atoms. The lowest BCUT2D eigenvalue weighted by Crippen LogP contribution is -2.47. The third kappa shape index (κ3) is 7.77. The van der Waals surface area contributed by atoms with E-state index in [9.17, 15) is 18.0 Å². The van der Waals surface area contributed by atoms with E-state index in [0.29, 0.717) is 42.7 Å². The van der Waals surface area contributed by atoms with Gasteiger partial charge in [0.05, 0.1) is 19.1 Å². The minimum atomic E-state index is -3.62. The number of hydrogen-bond donors (Lipinski definition) is 1. The number of methoxy groups -OCH3 is 1. The Labute approximate surface area is 224 Å². The molecule has 0 spiro atoms. The van der Waals surface area contributed by atoms with E-state index in [1.807, 2.05) is 19.1 Å². The first-order chi connectivity index (χ1) is 18.1. The molecule has 0 saturated heterocycles. The minimum absolute atomic E-state index is 0.0676. The molecule has 1 heterocycles. The molecule has 1 aliphatic rings. The second-order valence-corrected chi connectivity index (χ2v) is 11.0. The second-order valence-electron chi connectivity index (χ2n) is 9.10. The number of carbonyl (C=O) groups excluding carboxylic acids is 2. The van der Waals surface area contributed by atoms with Crippen LogP contribution >= 0.6 is 0 Å². The van der Waals surface area contributed by atoms with Crippen LogP contribution in [0.1, 0.15) is 38.7 Å². The number of carbonyl (C=O) groups is 2. The molecule has 1 aliphatic heterocycles. The van der Waals surface area contributed by atoms with Gasteiger partial charge in [-0.05, 0) is 49.6 Å². The van der Waals surface area contributed by atoms with Crippen molar-refractivity contribution in [1.29, 1.82) is 0 Å². The number of rotatable bonds is 13. The summed E-state index contributed by atoms with van der Waals surface area (Å²) in [5.41, 5.74) is 1.29. The largest absolute Gasteiger partial charge is 0.497 e. The van der Waals surface area contributed by atoms with Crippen molar-refractivity contribution in [2.24, 2.45) is 0 Å². The molecule has 1 atom stereocenters. The number of hydrogen-bond acceptors (Lipinski definition) is 7. The van der Waals surface area contributed by atoms with Crippen LogP contribution in [0, 0.1) is 0 Å². The first-order valence-electron chi connectivity index (χ1n) is 12.7. The highest BCUT2D eigenvalue weighted by molar-refractivity contribution is 7.92. The van der Waals surface area contributed by atoms with Crippen molar-refractivity contribution in [1.82, 2.24) is 10.2 Å². The van der Waals surface area contributed by atoms with Crippen molar-refractivity contribution < 1.29 is 32.2 Å². The SMILES string of the molecule is CCCNC(=O)[C@@H](C)N(Cc1ccc(OC)cc1)C(=O)CCCN(c1ccc2c(c1)OCCO2)S(C)(=O)=O. The van der Waals surface area contributed by atoms with Gasteiger partial charge in [-0.25, -0.2) is 8.42 Å². The maximum atomic E-state index is 13.4. The van der Waals surface area contributed by atoms with E-state index in [0.717, 1.165) is 18.2 Å². The lowest BCUT2D eigenvalue weighted by molar-refractivity contribution is -0.140. The van der Waals surface area contributed by atoms with Gasteiger partial charge in [-0.15, -0.1) is 0 Å². The van der Waals surface area contributed by atoms with Gasteiger partial charge in [0.1, 0.15) is 25.0 Å². The summed E-state index contributed by atoms with van der Waals surface area (Å²) in [6, 6.07) is 11.6. The van der Waals surface area contributed by atoms with Crippen LogP contribution in [-0.4, -0.2) is 70.8 Å². The van der Waals surface area contributed by atoms with E-state index in [1.54, 1.807) is 44.4 Å². The van der Waals surface area contributed by atoms with Crippen LogP contribution in [0.25, 0.3) is 0 Å². The van der Waals surface area contributed by atoms with Crippen molar-refractivity contribution in [2.75, 3.05) is 44.0 Å². The molecular formula is C27H37N3O7S. The summed E-state index contributed by atoms with van der Waals surface area (Å²) in [6.45, 7) is 5.33. The van der Waals surface area contributed by atoms with E-state index < -0.39 is 16.1 Å². The van der Waals surface area contributed by atoms with E-state index in [-0.39, 0.29) is 37.7 Å². The molecule has 0 bridgehead atoms. The van der Waals surface area contributed by atoms with Crippen molar-refractivity contribution in [2.45, 2.75) is 45.7 Å². The molecule has 10 nitrogen and oxygen atoms in total. The van der Waals surface area contributed by atoms with Gasteiger partial charge in [0.15, 0.2) is 11.5 Å². The summed E-state index contributed by atoms with van der Waals surface area (Å²) in [7, 11) is -2.04. The van der Waals surface area contributed by atoms with Gasteiger partial charge in [0, 0.05) is 32.1 Å². The topological polar surface area (TPSA) is 114 Å². The Morgan fingerprint density at radius 1 is 1.08 bits per heavy atom. The zero-order chi connectivity index (χ0) is 27.7. The Morgan fingerprint density at radius 3 is 2.39 bits per heavy atom.